The molecule has 34 heavy (non-hydrogen) atoms. The molecule has 0 heterocycles. The monoisotopic (exact) mass is 544 g/mol. The molecule has 0 saturated carbocycles. The Morgan fingerprint density at radius 3 is 2.32 bits per heavy atom. The Labute approximate surface area is 207 Å². The van der Waals surface area contributed by atoms with Crippen LogP contribution in [-0.2, 0) is 19.6 Å². The number of rotatable bonds is 8. The van der Waals surface area contributed by atoms with Gasteiger partial charge in [0, 0.05) is 10.2 Å². The zero-order valence-corrected chi connectivity index (χ0v) is 21.4. The van der Waals surface area contributed by atoms with Crippen molar-refractivity contribution < 1.29 is 22.7 Å². The van der Waals surface area contributed by atoms with E-state index in [0.717, 1.165) is 9.87 Å². The van der Waals surface area contributed by atoms with Gasteiger partial charge in [0.05, 0.1) is 22.8 Å². The molecule has 3 rings (SSSR count). The van der Waals surface area contributed by atoms with Gasteiger partial charge in [-0.15, -0.1) is 0 Å². The first-order chi connectivity index (χ1) is 16.1. The minimum Gasteiger partial charge on any atom is -0.462 e. The molecule has 0 aliphatic rings. The Bertz CT molecular complexity index is 1310. The predicted molar refractivity (Wildman–Crippen MR) is 136 cm³/mol. The van der Waals surface area contributed by atoms with Crippen molar-refractivity contribution in [2.45, 2.75) is 25.7 Å². The molecule has 0 aromatic heterocycles. The Balaban J connectivity index is 1.93. The van der Waals surface area contributed by atoms with E-state index in [4.69, 9.17) is 4.74 Å². The first-order valence-electron chi connectivity index (χ1n) is 10.5. The van der Waals surface area contributed by atoms with Gasteiger partial charge in [-0.2, -0.15) is 0 Å². The third kappa shape index (κ3) is 5.84. The Morgan fingerprint density at radius 1 is 1.00 bits per heavy atom. The number of benzene rings is 3. The van der Waals surface area contributed by atoms with Gasteiger partial charge in [-0.25, -0.2) is 13.2 Å². The van der Waals surface area contributed by atoms with E-state index < -0.39 is 28.4 Å². The number of ether oxygens (including phenoxy) is 1. The standard InChI is InChI=1S/C25H25BrN2O5S/c1-4-33-25(30)22-9-6-10-23(18(22)3)27-24(29)16-28(20-8-5-7-19(26)15-20)34(31,32)21-13-11-17(2)12-14-21/h5-15H,4,16H2,1-3H3,(H,27,29). The number of nitrogens with one attached hydrogen (secondary N) is 1. The molecular formula is C25H25BrN2O5S. The van der Waals surface area contributed by atoms with Crippen molar-refractivity contribution in [3.63, 3.8) is 0 Å². The van der Waals surface area contributed by atoms with Gasteiger partial charge in [0.25, 0.3) is 10.0 Å². The van der Waals surface area contributed by atoms with Crippen molar-refractivity contribution in [1.82, 2.24) is 0 Å². The summed E-state index contributed by atoms with van der Waals surface area (Å²) in [6.07, 6.45) is 0. The van der Waals surface area contributed by atoms with Gasteiger partial charge in [0.1, 0.15) is 6.54 Å². The van der Waals surface area contributed by atoms with Crippen LogP contribution >= 0.6 is 15.9 Å². The lowest BCUT2D eigenvalue weighted by atomic mass is 10.1. The highest BCUT2D eigenvalue weighted by atomic mass is 79.9. The number of aryl methyl sites for hydroxylation is 1. The SMILES string of the molecule is CCOC(=O)c1cccc(NC(=O)CN(c2cccc(Br)c2)S(=O)(=O)c2ccc(C)cc2)c1C. The normalized spacial score (nSPS) is 11.1. The first kappa shape index (κ1) is 25.5. The summed E-state index contributed by atoms with van der Waals surface area (Å²) in [5, 5.41) is 2.73. The van der Waals surface area contributed by atoms with Crippen LogP contribution in [0.4, 0.5) is 11.4 Å². The van der Waals surface area contributed by atoms with Crippen molar-refractivity contribution in [2.75, 3.05) is 22.8 Å². The smallest absolute Gasteiger partial charge is 0.338 e. The van der Waals surface area contributed by atoms with E-state index in [0.29, 0.717) is 27.0 Å². The lowest BCUT2D eigenvalue weighted by molar-refractivity contribution is -0.114. The van der Waals surface area contributed by atoms with E-state index >= 15 is 0 Å². The third-order valence-electron chi connectivity index (χ3n) is 5.10. The number of anilines is 2. The predicted octanol–water partition coefficient (Wildman–Crippen LogP) is 5.08. The maximum atomic E-state index is 13.5. The van der Waals surface area contributed by atoms with Gasteiger partial charge < -0.3 is 10.1 Å². The summed E-state index contributed by atoms with van der Waals surface area (Å²) in [4.78, 5) is 25.3. The quantitative estimate of drug-likeness (QED) is 0.399. The second-order valence-corrected chi connectivity index (χ2v) is 10.3. The molecule has 0 aliphatic carbocycles. The lowest BCUT2D eigenvalue weighted by Gasteiger charge is -2.24. The van der Waals surface area contributed by atoms with Crippen LogP contribution in [-0.4, -0.2) is 33.4 Å². The summed E-state index contributed by atoms with van der Waals surface area (Å²) in [5.74, 6) is -1.05. The molecule has 1 N–H and O–H groups in total. The topological polar surface area (TPSA) is 92.8 Å². The average Bonchev–Trinajstić information content (AvgIpc) is 2.79. The number of carbonyl (C=O) groups excluding carboxylic acids is 2. The number of halogens is 1. The summed E-state index contributed by atoms with van der Waals surface area (Å²) in [6.45, 7) is 5.03. The Hall–Kier alpha value is -3.17. The molecule has 7 nitrogen and oxygen atoms in total. The van der Waals surface area contributed by atoms with E-state index in [1.165, 1.54) is 12.1 Å². The van der Waals surface area contributed by atoms with Crippen LogP contribution in [0.1, 0.15) is 28.4 Å². The van der Waals surface area contributed by atoms with Crippen molar-refractivity contribution in [3.05, 3.63) is 87.9 Å². The summed E-state index contributed by atoms with van der Waals surface area (Å²) in [6, 6.07) is 18.0. The molecule has 1 amide bonds. The fourth-order valence-electron chi connectivity index (χ4n) is 3.30. The molecule has 0 fully saturated rings. The zero-order valence-electron chi connectivity index (χ0n) is 19.0. The summed E-state index contributed by atoms with van der Waals surface area (Å²) >= 11 is 3.36. The van der Waals surface area contributed by atoms with Crippen LogP contribution in [0, 0.1) is 13.8 Å². The second-order valence-electron chi connectivity index (χ2n) is 7.55. The maximum Gasteiger partial charge on any atom is 0.338 e. The molecule has 0 spiro atoms. The van der Waals surface area contributed by atoms with Crippen molar-refractivity contribution in [1.29, 1.82) is 0 Å². The second kappa shape index (κ2) is 10.8. The van der Waals surface area contributed by atoms with Crippen LogP contribution in [0.15, 0.2) is 76.1 Å². The van der Waals surface area contributed by atoms with Gasteiger partial charge in [0.2, 0.25) is 5.91 Å². The maximum absolute atomic E-state index is 13.5. The molecule has 0 aliphatic heterocycles. The highest BCUT2D eigenvalue weighted by Gasteiger charge is 2.27. The Kier molecular flexibility index (Phi) is 8.11. The number of hydrogen-bond acceptors (Lipinski definition) is 5. The van der Waals surface area contributed by atoms with Gasteiger partial charge in [-0.05, 0) is 68.8 Å². The van der Waals surface area contributed by atoms with Crippen LogP contribution in [0.3, 0.4) is 0 Å². The van der Waals surface area contributed by atoms with Crippen molar-refractivity contribution in [2.24, 2.45) is 0 Å². The number of hydrogen-bond donors (Lipinski definition) is 1. The molecule has 3 aromatic rings. The fraction of sp³-hybridized carbons (Fsp3) is 0.200. The number of nitrogens with zero attached hydrogens (tertiary/aromatic N) is 1. The van der Waals surface area contributed by atoms with Crippen molar-refractivity contribution >= 4 is 49.2 Å². The van der Waals surface area contributed by atoms with Crippen LogP contribution in [0.25, 0.3) is 0 Å². The Morgan fingerprint density at radius 2 is 1.68 bits per heavy atom. The van der Waals surface area contributed by atoms with Crippen LogP contribution < -0.4 is 9.62 Å². The van der Waals surface area contributed by atoms with Gasteiger partial charge >= 0.3 is 5.97 Å². The van der Waals surface area contributed by atoms with Crippen molar-refractivity contribution in [3.8, 4) is 0 Å². The molecule has 0 bridgehead atoms. The van der Waals surface area contributed by atoms with E-state index in [2.05, 4.69) is 21.2 Å². The molecule has 0 atom stereocenters. The lowest BCUT2D eigenvalue weighted by Crippen LogP contribution is -2.38. The molecule has 3 aromatic carbocycles. The van der Waals surface area contributed by atoms with Gasteiger partial charge in [0.15, 0.2) is 0 Å². The van der Waals surface area contributed by atoms with Crippen LogP contribution in [0.5, 0.6) is 0 Å². The first-order valence-corrected chi connectivity index (χ1v) is 12.8. The largest absolute Gasteiger partial charge is 0.462 e. The van der Waals surface area contributed by atoms with E-state index in [9.17, 15) is 18.0 Å². The molecule has 0 radical (unpaired) electrons. The number of esters is 1. The average molecular weight is 545 g/mol. The minimum absolute atomic E-state index is 0.0753. The van der Waals surface area contributed by atoms with Gasteiger partial charge in [-0.1, -0.05) is 45.8 Å². The van der Waals surface area contributed by atoms with E-state index in [-0.39, 0.29) is 11.5 Å². The molecule has 178 valence electrons. The molecular weight excluding hydrogens is 520 g/mol. The highest BCUT2D eigenvalue weighted by molar-refractivity contribution is 9.10. The number of sulfonamides is 1. The van der Waals surface area contributed by atoms with E-state index in [1.54, 1.807) is 68.4 Å². The molecule has 9 heteroatoms. The minimum atomic E-state index is -4.04. The highest BCUT2D eigenvalue weighted by Crippen LogP contribution is 2.27. The molecule has 0 saturated heterocycles. The van der Waals surface area contributed by atoms with Gasteiger partial charge in [-0.3, -0.25) is 9.10 Å². The zero-order chi connectivity index (χ0) is 24.9. The summed E-state index contributed by atoms with van der Waals surface area (Å²) in [7, 11) is -4.04. The number of carbonyl (C=O) groups is 2. The van der Waals surface area contributed by atoms with E-state index in [1.807, 2.05) is 6.92 Å². The third-order valence-corrected chi connectivity index (χ3v) is 7.38. The van der Waals surface area contributed by atoms with Crippen LogP contribution in [0.2, 0.25) is 0 Å². The fourth-order valence-corrected chi connectivity index (χ4v) is 5.10. The summed E-state index contributed by atoms with van der Waals surface area (Å²) in [5.41, 5.74) is 2.52. The number of amides is 1. The summed E-state index contributed by atoms with van der Waals surface area (Å²) < 4.78 is 33.8. The molecule has 0 unspecified atom stereocenters.